The maximum absolute atomic E-state index is 11.6. The van der Waals surface area contributed by atoms with Gasteiger partial charge in [-0.25, -0.2) is 0 Å². The molecule has 0 atom stereocenters. The van der Waals surface area contributed by atoms with E-state index in [4.69, 9.17) is 0 Å². The van der Waals surface area contributed by atoms with E-state index in [2.05, 4.69) is 41.3 Å². The van der Waals surface area contributed by atoms with Crippen molar-refractivity contribution in [3.63, 3.8) is 0 Å². The van der Waals surface area contributed by atoms with Crippen LogP contribution in [-0.4, -0.2) is 49.0 Å². The van der Waals surface area contributed by atoms with Gasteiger partial charge in [0.05, 0.1) is 6.54 Å². The summed E-state index contributed by atoms with van der Waals surface area (Å²) in [4.78, 5) is 18.5. The normalized spacial score (nSPS) is 17.6. The minimum absolute atomic E-state index is 0. The molecule has 21 heavy (non-hydrogen) atoms. The molecule has 0 aromatic rings. The van der Waals surface area contributed by atoms with E-state index in [1.165, 1.54) is 6.42 Å². The van der Waals surface area contributed by atoms with Crippen molar-refractivity contribution in [1.82, 2.24) is 15.5 Å². The fraction of sp³-hybridized carbons (Fsp3) is 0.867. The number of halogens is 1. The van der Waals surface area contributed by atoms with Crippen molar-refractivity contribution >= 4 is 35.8 Å². The quantitative estimate of drug-likeness (QED) is 0.415. The van der Waals surface area contributed by atoms with Crippen molar-refractivity contribution in [1.29, 1.82) is 0 Å². The van der Waals surface area contributed by atoms with Crippen LogP contribution in [-0.2, 0) is 4.79 Å². The van der Waals surface area contributed by atoms with Crippen LogP contribution in [0.4, 0.5) is 0 Å². The zero-order valence-electron chi connectivity index (χ0n) is 14.0. The van der Waals surface area contributed by atoms with Crippen LogP contribution in [0.25, 0.3) is 0 Å². The van der Waals surface area contributed by atoms with Gasteiger partial charge < -0.3 is 15.5 Å². The lowest BCUT2D eigenvalue weighted by molar-refractivity contribution is -0.121. The van der Waals surface area contributed by atoms with Crippen LogP contribution in [0.2, 0.25) is 0 Å². The minimum Gasteiger partial charge on any atom is -0.357 e. The summed E-state index contributed by atoms with van der Waals surface area (Å²) in [6, 6.07) is 0.194. The number of nitrogens with one attached hydrogen (secondary N) is 2. The number of hydrogen-bond acceptors (Lipinski definition) is 2. The third kappa shape index (κ3) is 7.87. The molecule has 0 saturated carbocycles. The van der Waals surface area contributed by atoms with Gasteiger partial charge in [0.1, 0.15) is 0 Å². The Morgan fingerprint density at radius 2 is 2.05 bits per heavy atom. The lowest BCUT2D eigenvalue weighted by Gasteiger charge is -2.23. The molecule has 5 nitrogen and oxygen atoms in total. The van der Waals surface area contributed by atoms with Gasteiger partial charge in [0, 0.05) is 32.1 Å². The van der Waals surface area contributed by atoms with Gasteiger partial charge in [-0.2, -0.15) is 0 Å². The molecule has 124 valence electrons. The summed E-state index contributed by atoms with van der Waals surface area (Å²) in [7, 11) is 0. The Labute approximate surface area is 146 Å². The Morgan fingerprint density at radius 3 is 2.52 bits per heavy atom. The average Bonchev–Trinajstić information content (AvgIpc) is 2.67. The van der Waals surface area contributed by atoms with E-state index >= 15 is 0 Å². The lowest BCUT2D eigenvalue weighted by atomic mass is 9.93. The van der Waals surface area contributed by atoms with Gasteiger partial charge in [0.15, 0.2) is 5.96 Å². The topological polar surface area (TPSA) is 56.7 Å². The van der Waals surface area contributed by atoms with Crippen molar-refractivity contribution in [2.45, 2.75) is 53.5 Å². The molecule has 0 radical (unpaired) electrons. The van der Waals surface area contributed by atoms with E-state index in [-0.39, 0.29) is 35.9 Å². The SMILES string of the molecule is CCNC(=NCCC(=O)NC(C)C)N1CCC(C)(C)C1.I. The molecule has 0 bridgehead atoms. The summed E-state index contributed by atoms with van der Waals surface area (Å²) in [5, 5.41) is 6.21. The van der Waals surface area contributed by atoms with Crippen LogP contribution >= 0.6 is 24.0 Å². The molecule has 1 amide bonds. The number of amides is 1. The van der Waals surface area contributed by atoms with Crippen molar-refractivity contribution in [3.8, 4) is 0 Å². The van der Waals surface area contributed by atoms with Gasteiger partial charge in [-0.15, -0.1) is 24.0 Å². The molecule has 0 unspecified atom stereocenters. The molecule has 1 rings (SSSR count). The van der Waals surface area contributed by atoms with Crippen LogP contribution in [0.3, 0.4) is 0 Å². The minimum atomic E-state index is 0. The first-order valence-electron chi connectivity index (χ1n) is 7.66. The van der Waals surface area contributed by atoms with Gasteiger partial charge in [0.25, 0.3) is 0 Å². The number of likely N-dealkylation sites (tertiary alicyclic amines) is 1. The van der Waals surface area contributed by atoms with Crippen molar-refractivity contribution in [2.24, 2.45) is 10.4 Å². The van der Waals surface area contributed by atoms with Crippen LogP contribution < -0.4 is 10.6 Å². The number of rotatable bonds is 5. The molecule has 1 aliphatic heterocycles. The summed E-state index contributed by atoms with van der Waals surface area (Å²) < 4.78 is 0. The first-order valence-corrected chi connectivity index (χ1v) is 7.66. The van der Waals surface area contributed by atoms with E-state index < -0.39 is 0 Å². The Balaban J connectivity index is 0.00000400. The molecule has 1 aliphatic rings. The maximum atomic E-state index is 11.6. The standard InChI is InChI=1S/C15H30N4O.HI/c1-6-16-14(19-10-8-15(4,5)11-19)17-9-7-13(20)18-12(2)3;/h12H,6-11H2,1-5H3,(H,16,17)(H,18,20);1H. The third-order valence-corrected chi connectivity index (χ3v) is 3.36. The molecule has 0 aromatic heterocycles. The average molecular weight is 410 g/mol. The predicted molar refractivity (Wildman–Crippen MR) is 99.3 cm³/mol. The molecule has 2 N–H and O–H groups in total. The summed E-state index contributed by atoms with van der Waals surface area (Å²) >= 11 is 0. The second-order valence-corrected chi connectivity index (χ2v) is 6.54. The van der Waals surface area contributed by atoms with Gasteiger partial charge in [-0.1, -0.05) is 13.8 Å². The van der Waals surface area contributed by atoms with Crippen molar-refractivity contribution in [2.75, 3.05) is 26.2 Å². The second kappa shape index (κ2) is 9.48. The number of aliphatic imine (C=N–C) groups is 1. The zero-order valence-corrected chi connectivity index (χ0v) is 16.4. The van der Waals surface area contributed by atoms with E-state index in [1.807, 2.05) is 13.8 Å². The van der Waals surface area contributed by atoms with Gasteiger partial charge >= 0.3 is 0 Å². The fourth-order valence-corrected chi connectivity index (χ4v) is 2.38. The summed E-state index contributed by atoms with van der Waals surface area (Å²) in [6.45, 7) is 14.0. The molecule has 0 aromatic carbocycles. The van der Waals surface area contributed by atoms with Crippen molar-refractivity contribution in [3.05, 3.63) is 0 Å². The Kier molecular flexibility index (Phi) is 9.24. The summed E-state index contributed by atoms with van der Waals surface area (Å²) in [6.07, 6.45) is 1.63. The number of guanidine groups is 1. The predicted octanol–water partition coefficient (Wildman–Crippen LogP) is 2.22. The lowest BCUT2D eigenvalue weighted by Crippen LogP contribution is -2.41. The Morgan fingerprint density at radius 1 is 1.38 bits per heavy atom. The Bertz CT molecular complexity index is 356. The molecular formula is C15H31IN4O. The van der Waals surface area contributed by atoms with E-state index in [0.29, 0.717) is 18.4 Å². The van der Waals surface area contributed by atoms with E-state index in [9.17, 15) is 4.79 Å². The highest BCUT2D eigenvalue weighted by molar-refractivity contribution is 14.0. The first-order chi connectivity index (χ1) is 9.34. The maximum Gasteiger partial charge on any atom is 0.222 e. The molecule has 0 spiro atoms. The fourth-order valence-electron chi connectivity index (χ4n) is 2.38. The van der Waals surface area contributed by atoms with E-state index in [0.717, 1.165) is 25.6 Å². The molecular weight excluding hydrogens is 379 g/mol. The van der Waals surface area contributed by atoms with Crippen LogP contribution in [0.5, 0.6) is 0 Å². The van der Waals surface area contributed by atoms with E-state index in [1.54, 1.807) is 0 Å². The highest BCUT2D eigenvalue weighted by atomic mass is 127. The number of hydrogen-bond donors (Lipinski definition) is 2. The largest absolute Gasteiger partial charge is 0.357 e. The van der Waals surface area contributed by atoms with Crippen LogP contribution in [0, 0.1) is 5.41 Å². The number of nitrogens with zero attached hydrogens (tertiary/aromatic N) is 2. The molecule has 1 fully saturated rings. The summed E-state index contributed by atoms with van der Waals surface area (Å²) in [5.41, 5.74) is 0.352. The van der Waals surface area contributed by atoms with Gasteiger partial charge in [-0.05, 0) is 32.6 Å². The monoisotopic (exact) mass is 410 g/mol. The zero-order chi connectivity index (χ0) is 15.2. The van der Waals surface area contributed by atoms with Crippen LogP contribution in [0.1, 0.15) is 47.5 Å². The van der Waals surface area contributed by atoms with Crippen LogP contribution in [0.15, 0.2) is 4.99 Å². The molecule has 1 heterocycles. The molecule has 1 saturated heterocycles. The highest BCUT2D eigenvalue weighted by Gasteiger charge is 2.30. The second-order valence-electron chi connectivity index (χ2n) is 6.54. The summed E-state index contributed by atoms with van der Waals surface area (Å²) in [5.74, 6) is 1.01. The molecule has 6 heteroatoms. The highest BCUT2D eigenvalue weighted by Crippen LogP contribution is 2.28. The van der Waals surface area contributed by atoms with Gasteiger partial charge in [0.2, 0.25) is 5.91 Å². The first kappa shape index (κ1) is 20.5. The number of carbonyl (C=O) groups excluding carboxylic acids is 1. The molecule has 0 aliphatic carbocycles. The number of carbonyl (C=O) groups is 1. The smallest absolute Gasteiger partial charge is 0.222 e. The van der Waals surface area contributed by atoms with Crippen molar-refractivity contribution < 1.29 is 4.79 Å². The Hall–Kier alpha value is -0.530. The third-order valence-electron chi connectivity index (χ3n) is 3.36. The van der Waals surface area contributed by atoms with Gasteiger partial charge in [-0.3, -0.25) is 9.79 Å².